The number of nitrogens with one attached hydrogen (secondary N) is 2. The van der Waals surface area contributed by atoms with Crippen LogP contribution in [0.25, 0.3) is 0 Å². The Balaban J connectivity index is 2.57. The molecule has 1 rings (SSSR count). The molecule has 0 aliphatic carbocycles. The molecule has 0 radical (unpaired) electrons. The van der Waals surface area contributed by atoms with Crippen molar-refractivity contribution in [3.63, 3.8) is 0 Å². The van der Waals surface area contributed by atoms with Crippen molar-refractivity contribution in [2.75, 3.05) is 24.5 Å². The lowest BCUT2D eigenvalue weighted by Crippen LogP contribution is -2.31. The van der Waals surface area contributed by atoms with Gasteiger partial charge in [-0.2, -0.15) is 5.10 Å². The summed E-state index contributed by atoms with van der Waals surface area (Å²) in [4.78, 5) is 2.31. The number of thiocarbonyl (C=S) groups is 1. The summed E-state index contributed by atoms with van der Waals surface area (Å²) in [6.45, 7) is 9.13. The van der Waals surface area contributed by atoms with Crippen molar-refractivity contribution in [2.24, 2.45) is 5.10 Å². The fourth-order valence-corrected chi connectivity index (χ4v) is 1.92. The molecule has 19 heavy (non-hydrogen) atoms. The highest BCUT2D eigenvalue weighted by molar-refractivity contribution is 7.80. The zero-order chi connectivity index (χ0) is 14.1. The first-order chi connectivity index (χ1) is 9.21. The average Bonchev–Trinajstić information content (AvgIpc) is 2.42. The Morgan fingerprint density at radius 1 is 1.21 bits per heavy atom. The summed E-state index contributed by atoms with van der Waals surface area (Å²) in [7, 11) is 0. The SMILES string of the molecule is CCNC(=S)N/N=C\c1ccc(N(CC)CC)cc1. The Labute approximate surface area is 120 Å². The van der Waals surface area contributed by atoms with E-state index >= 15 is 0 Å². The Kier molecular flexibility index (Phi) is 6.89. The summed E-state index contributed by atoms with van der Waals surface area (Å²) >= 11 is 5.01. The summed E-state index contributed by atoms with van der Waals surface area (Å²) in [6.07, 6.45) is 1.76. The van der Waals surface area contributed by atoms with Crippen LogP contribution < -0.4 is 15.6 Å². The molecule has 0 aliphatic heterocycles. The Morgan fingerprint density at radius 2 is 1.84 bits per heavy atom. The summed E-state index contributed by atoms with van der Waals surface area (Å²) in [5.74, 6) is 0. The largest absolute Gasteiger partial charge is 0.372 e. The van der Waals surface area contributed by atoms with Gasteiger partial charge in [-0.3, -0.25) is 5.43 Å². The fourth-order valence-electron chi connectivity index (χ4n) is 1.73. The molecule has 0 spiro atoms. The van der Waals surface area contributed by atoms with E-state index in [0.717, 1.165) is 25.2 Å². The van der Waals surface area contributed by atoms with Gasteiger partial charge in [0.15, 0.2) is 5.11 Å². The zero-order valence-corrected chi connectivity index (χ0v) is 12.6. The van der Waals surface area contributed by atoms with Gasteiger partial charge in [-0.25, -0.2) is 0 Å². The van der Waals surface area contributed by atoms with Gasteiger partial charge in [0.25, 0.3) is 0 Å². The minimum absolute atomic E-state index is 0.540. The van der Waals surface area contributed by atoms with Gasteiger partial charge < -0.3 is 10.2 Å². The first-order valence-electron chi connectivity index (χ1n) is 6.63. The van der Waals surface area contributed by atoms with E-state index in [1.807, 2.05) is 6.92 Å². The summed E-state index contributed by atoms with van der Waals surface area (Å²) < 4.78 is 0. The third-order valence-corrected chi connectivity index (χ3v) is 2.97. The molecule has 4 nitrogen and oxygen atoms in total. The van der Waals surface area contributed by atoms with Gasteiger partial charge in [0, 0.05) is 25.3 Å². The first kappa shape index (κ1) is 15.4. The molecule has 0 fully saturated rings. The standard InChI is InChI=1S/C14H22N4S/c1-4-15-14(19)17-16-11-12-7-9-13(10-8-12)18(5-2)6-3/h7-11H,4-6H2,1-3H3,(H2,15,17,19)/b16-11-. The average molecular weight is 278 g/mol. The van der Waals surface area contributed by atoms with Gasteiger partial charge in [-0.15, -0.1) is 0 Å². The lowest BCUT2D eigenvalue weighted by molar-refractivity contribution is 0.866. The molecule has 0 saturated heterocycles. The quantitative estimate of drug-likeness (QED) is 0.476. The first-order valence-corrected chi connectivity index (χ1v) is 7.04. The maximum Gasteiger partial charge on any atom is 0.186 e. The van der Waals surface area contributed by atoms with Crippen LogP contribution in [0.2, 0.25) is 0 Å². The highest BCUT2D eigenvalue weighted by atomic mass is 32.1. The second-order valence-electron chi connectivity index (χ2n) is 3.99. The molecular formula is C14H22N4S. The summed E-state index contributed by atoms with van der Waals surface area (Å²) in [5.41, 5.74) is 5.05. The number of rotatable bonds is 6. The van der Waals surface area contributed by atoms with Crippen LogP contribution in [0.3, 0.4) is 0 Å². The molecule has 0 saturated carbocycles. The zero-order valence-electron chi connectivity index (χ0n) is 11.8. The van der Waals surface area contributed by atoms with Crippen LogP contribution in [0.15, 0.2) is 29.4 Å². The van der Waals surface area contributed by atoms with Crippen LogP contribution in [0.5, 0.6) is 0 Å². The van der Waals surface area contributed by atoms with Crippen molar-refractivity contribution in [2.45, 2.75) is 20.8 Å². The molecule has 2 N–H and O–H groups in total. The number of hydrogen-bond acceptors (Lipinski definition) is 3. The van der Waals surface area contributed by atoms with Crippen LogP contribution >= 0.6 is 12.2 Å². The number of anilines is 1. The highest BCUT2D eigenvalue weighted by Crippen LogP contribution is 2.13. The van der Waals surface area contributed by atoms with E-state index in [9.17, 15) is 0 Å². The molecule has 0 aromatic heterocycles. The Morgan fingerprint density at radius 3 is 2.37 bits per heavy atom. The number of hydrogen-bond donors (Lipinski definition) is 2. The van der Waals surface area contributed by atoms with Crippen molar-refractivity contribution >= 4 is 29.2 Å². The minimum atomic E-state index is 0.540. The van der Waals surface area contributed by atoms with Gasteiger partial charge >= 0.3 is 0 Å². The van der Waals surface area contributed by atoms with Crippen molar-refractivity contribution in [1.29, 1.82) is 0 Å². The van der Waals surface area contributed by atoms with E-state index in [1.165, 1.54) is 5.69 Å². The molecule has 0 aliphatic rings. The summed E-state index contributed by atoms with van der Waals surface area (Å²) in [6, 6.07) is 8.32. The molecule has 0 bridgehead atoms. The van der Waals surface area contributed by atoms with E-state index in [-0.39, 0.29) is 0 Å². The third kappa shape index (κ3) is 5.26. The summed E-state index contributed by atoms with van der Waals surface area (Å²) in [5, 5.41) is 7.59. The van der Waals surface area contributed by atoms with Crippen molar-refractivity contribution in [3.05, 3.63) is 29.8 Å². The van der Waals surface area contributed by atoms with Gasteiger partial charge in [-0.05, 0) is 50.7 Å². The third-order valence-electron chi connectivity index (χ3n) is 2.74. The predicted molar refractivity (Wildman–Crippen MR) is 87.0 cm³/mol. The monoisotopic (exact) mass is 278 g/mol. The lowest BCUT2D eigenvalue weighted by Gasteiger charge is -2.20. The normalized spacial score (nSPS) is 10.5. The van der Waals surface area contributed by atoms with Gasteiger partial charge in [-0.1, -0.05) is 12.1 Å². The van der Waals surface area contributed by atoms with E-state index in [1.54, 1.807) is 6.21 Å². The lowest BCUT2D eigenvalue weighted by atomic mass is 10.2. The van der Waals surface area contributed by atoms with Gasteiger partial charge in [0.2, 0.25) is 0 Å². The van der Waals surface area contributed by atoms with Crippen molar-refractivity contribution < 1.29 is 0 Å². The van der Waals surface area contributed by atoms with Crippen LogP contribution in [0.4, 0.5) is 5.69 Å². The molecular weight excluding hydrogens is 256 g/mol. The maximum absolute atomic E-state index is 5.01. The molecule has 1 aromatic carbocycles. The van der Waals surface area contributed by atoms with E-state index < -0.39 is 0 Å². The molecule has 0 atom stereocenters. The predicted octanol–water partition coefficient (Wildman–Crippen LogP) is 2.35. The van der Waals surface area contributed by atoms with Crippen LogP contribution in [0, 0.1) is 0 Å². The Bertz CT molecular complexity index is 410. The van der Waals surface area contributed by atoms with Gasteiger partial charge in [0.1, 0.15) is 0 Å². The minimum Gasteiger partial charge on any atom is -0.372 e. The number of benzene rings is 1. The molecule has 104 valence electrons. The number of hydrazone groups is 1. The molecule has 0 amide bonds. The van der Waals surface area contributed by atoms with Crippen molar-refractivity contribution in [1.82, 2.24) is 10.7 Å². The molecule has 1 aromatic rings. The van der Waals surface area contributed by atoms with E-state index in [2.05, 4.69) is 58.9 Å². The second-order valence-corrected chi connectivity index (χ2v) is 4.40. The van der Waals surface area contributed by atoms with Crippen LogP contribution in [0.1, 0.15) is 26.3 Å². The maximum atomic E-state index is 5.01. The van der Waals surface area contributed by atoms with E-state index in [4.69, 9.17) is 12.2 Å². The number of nitrogens with zero attached hydrogens (tertiary/aromatic N) is 2. The second kappa shape index (κ2) is 8.48. The van der Waals surface area contributed by atoms with E-state index in [0.29, 0.717) is 5.11 Å². The van der Waals surface area contributed by atoms with Crippen molar-refractivity contribution in [3.8, 4) is 0 Å². The molecule has 5 heteroatoms. The van der Waals surface area contributed by atoms with Crippen LogP contribution in [-0.4, -0.2) is 31.0 Å². The fraction of sp³-hybridized carbons (Fsp3) is 0.429. The molecule has 0 unspecified atom stereocenters. The Hall–Kier alpha value is -1.62. The van der Waals surface area contributed by atoms with Gasteiger partial charge in [0.05, 0.1) is 6.21 Å². The topological polar surface area (TPSA) is 39.7 Å². The smallest absolute Gasteiger partial charge is 0.186 e. The molecule has 0 heterocycles. The highest BCUT2D eigenvalue weighted by Gasteiger charge is 2.00. The van der Waals surface area contributed by atoms with Crippen LogP contribution in [-0.2, 0) is 0 Å².